The van der Waals surface area contributed by atoms with Crippen molar-refractivity contribution in [2.24, 2.45) is 0 Å². The van der Waals surface area contributed by atoms with Gasteiger partial charge in [0.15, 0.2) is 0 Å². The van der Waals surface area contributed by atoms with Crippen LogP contribution in [0, 0.1) is 0 Å². The fraction of sp³-hybridized carbons (Fsp3) is 0.154. The normalized spacial score (nSPS) is 12.4. The van der Waals surface area contributed by atoms with Crippen LogP contribution in [0.4, 0.5) is 0 Å². The van der Waals surface area contributed by atoms with Crippen molar-refractivity contribution in [1.82, 2.24) is 15.3 Å². The summed E-state index contributed by atoms with van der Waals surface area (Å²) in [5, 5.41) is 13.3. The highest BCUT2D eigenvalue weighted by molar-refractivity contribution is 5.94. The van der Waals surface area contributed by atoms with Crippen molar-refractivity contribution in [3.8, 4) is 0 Å². The molecule has 0 aliphatic heterocycles. The molecule has 1 atom stereocenters. The van der Waals surface area contributed by atoms with Gasteiger partial charge in [-0.1, -0.05) is 0 Å². The summed E-state index contributed by atoms with van der Waals surface area (Å²) in [7, 11) is 0. The largest absolute Gasteiger partial charge is 0.548 e. The van der Waals surface area contributed by atoms with E-state index in [1.54, 1.807) is 6.07 Å². The van der Waals surface area contributed by atoms with Gasteiger partial charge in [0.1, 0.15) is 0 Å². The summed E-state index contributed by atoms with van der Waals surface area (Å²) in [6.45, 7) is 0. The van der Waals surface area contributed by atoms with Crippen LogP contribution in [-0.4, -0.2) is 27.9 Å². The molecule has 0 aliphatic carbocycles. The minimum absolute atomic E-state index is 0.0770. The van der Waals surface area contributed by atoms with Crippen LogP contribution in [0.5, 0.6) is 0 Å². The van der Waals surface area contributed by atoms with Crippen molar-refractivity contribution >= 4 is 18.0 Å². The van der Waals surface area contributed by atoms with Crippen LogP contribution in [0.25, 0.3) is 6.08 Å². The Morgan fingerprint density at radius 3 is 3.00 bits per heavy atom. The first-order valence-corrected chi connectivity index (χ1v) is 5.84. The fourth-order valence-corrected chi connectivity index (χ4v) is 1.57. The Hall–Kier alpha value is -2.83. The third-order valence-corrected chi connectivity index (χ3v) is 2.55. The minimum atomic E-state index is -1.36. The third-order valence-electron chi connectivity index (χ3n) is 2.55. The number of H-pyrrole nitrogens is 1. The maximum absolute atomic E-state index is 11.6. The third kappa shape index (κ3) is 3.84. The Balaban J connectivity index is 1.94. The molecule has 0 fully saturated rings. The number of rotatable bonds is 6. The second kappa shape index (κ2) is 6.37. The molecule has 0 aromatic carbocycles. The van der Waals surface area contributed by atoms with E-state index in [4.69, 9.17) is 4.42 Å². The smallest absolute Gasteiger partial charge is 0.244 e. The van der Waals surface area contributed by atoms with E-state index in [-0.39, 0.29) is 6.42 Å². The summed E-state index contributed by atoms with van der Waals surface area (Å²) in [4.78, 5) is 29.2. The predicted molar refractivity (Wildman–Crippen MR) is 67.0 cm³/mol. The molecule has 0 saturated carbocycles. The van der Waals surface area contributed by atoms with E-state index in [9.17, 15) is 14.7 Å². The van der Waals surface area contributed by atoms with Gasteiger partial charge in [0.05, 0.1) is 30.9 Å². The van der Waals surface area contributed by atoms with Crippen molar-refractivity contribution in [2.75, 3.05) is 0 Å². The predicted octanol–water partition coefficient (Wildman–Crippen LogP) is -0.507. The zero-order valence-electron chi connectivity index (χ0n) is 10.4. The van der Waals surface area contributed by atoms with Gasteiger partial charge in [-0.3, -0.25) is 4.79 Å². The van der Waals surface area contributed by atoms with E-state index in [2.05, 4.69) is 15.3 Å². The number of nitrogens with zero attached hydrogens (tertiary/aromatic N) is 1. The van der Waals surface area contributed by atoms with Gasteiger partial charge in [0.25, 0.3) is 0 Å². The number of nitrogens with one attached hydrogen (secondary N) is 2. The first-order valence-electron chi connectivity index (χ1n) is 5.84. The van der Waals surface area contributed by atoms with Gasteiger partial charge in [-0.05, 0) is 12.1 Å². The Morgan fingerprint density at radius 2 is 2.40 bits per heavy atom. The standard InChI is InChI=1S/C13H13N3O4/c17-12(2-1-9-3-4-20-7-9)16-11(13(18)19)5-10-6-14-8-15-10/h1-4,6-8,11H,5H2,(H,14,15)(H,16,17)(H,18,19)/p-1/b2-1+/t11-/m0/s1. The molecule has 7 nitrogen and oxygen atoms in total. The van der Waals surface area contributed by atoms with E-state index in [0.29, 0.717) is 11.3 Å². The number of carbonyl (C=O) groups is 2. The Kier molecular flexibility index (Phi) is 4.33. The maximum atomic E-state index is 11.6. The molecular weight excluding hydrogens is 262 g/mol. The number of aliphatic carboxylic acids is 1. The molecule has 2 heterocycles. The number of furan rings is 1. The molecule has 2 aromatic heterocycles. The van der Waals surface area contributed by atoms with Gasteiger partial charge in [-0.15, -0.1) is 0 Å². The zero-order chi connectivity index (χ0) is 14.4. The van der Waals surface area contributed by atoms with Crippen molar-refractivity contribution < 1.29 is 19.1 Å². The summed E-state index contributed by atoms with van der Waals surface area (Å²) < 4.78 is 4.84. The van der Waals surface area contributed by atoms with Crippen LogP contribution in [0.15, 0.2) is 41.6 Å². The first kappa shape index (κ1) is 13.6. The number of carboxylic acid groups (broad SMARTS) is 1. The summed E-state index contributed by atoms with van der Waals surface area (Å²) in [6, 6.07) is 0.543. The lowest BCUT2D eigenvalue weighted by Crippen LogP contribution is -2.48. The molecule has 7 heteroatoms. The van der Waals surface area contributed by atoms with Crippen molar-refractivity contribution in [2.45, 2.75) is 12.5 Å². The van der Waals surface area contributed by atoms with Gasteiger partial charge < -0.3 is 24.6 Å². The average molecular weight is 274 g/mol. The molecule has 0 bridgehead atoms. The zero-order valence-corrected chi connectivity index (χ0v) is 10.4. The number of carboxylic acids is 1. The number of amides is 1. The van der Waals surface area contributed by atoms with Gasteiger partial charge in [0.2, 0.25) is 5.91 Å². The van der Waals surface area contributed by atoms with Gasteiger partial charge >= 0.3 is 0 Å². The first-order chi connectivity index (χ1) is 9.65. The summed E-state index contributed by atoms with van der Waals surface area (Å²) in [5.74, 6) is -1.88. The van der Waals surface area contributed by atoms with Crippen LogP contribution in [0.2, 0.25) is 0 Å². The van der Waals surface area contributed by atoms with Crippen LogP contribution in [0.3, 0.4) is 0 Å². The number of aromatic amines is 1. The average Bonchev–Trinajstić information content (AvgIpc) is 3.08. The number of aromatic nitrogens is 2. The van der Waals surface area contributed by atoms with Gasteiger partial charge in [-0.2, -0.15) is 0 Å². The topological polar surface area (TPSA) is 111 Å². The second-order valence-electron chi connectivity index (χ2n) is 4.05. The van der Waals surface area contributed by atoms with Gasteiger partial charge in [0, 0.05) is 30.0 Å². The van der Waals surface area contributed by atoms with E-state index in [1.807, 2.05) is 0 Å². The van der Waals surface area contributed by atoms with Crippen LogP contribution in [-0.2, 0) is 16.0 Å². The Morgan fingerprint density at radius 1 is 1.55 bits per heavy atom. The molecule has 2 N–H and O–H groups in total. The quantitative estimate of drug-likeness (QED) is 0.689. The molecule has 0 aliphatic rings. The molecule has 0 spiro atoms. The summed E-state index contributed by atoms with van der Waals surface area (Å²) in [5.41, 5.74) is 1.30. The van der Waals surface area contributed by atoms with Crippen molar-refractivity contribution in [3.05, 3.63) is 48.5 Å². The molecule has 2 rings (SSSR count). The Labute approximate surface area is 114 Å². The highest BCUT2D eigenvalue weighted by Crippen LogP contribution is 2.02. The molecule has 1 amide bonds. The second-order valence-corrected chi connectivity index (χ2v) is 4.05. The van der Waals surface area contributed by atoms with E-state index >= 15 is 0 Å². The molecule has 104 valence electrons. The Bertz CT molecular complexity index is 587. The van der Waals surface area contributed by atoms with Gasteiger partial charge in [-0.25, -0.2) is 4.98 Å². The van der Waals surface area contributed by atoms with E-state index < -0.39 is 17.9 Å². The molecule has 2 aromatic rings. The maximum Gasteiger partial charge on any atom is 0.244 e. The lowest BCUT2D eigenvalue weighted by atomic mass is 10.1. The molecule has 0 unspecified atom stereocenters. The fourth-order valence-electron chi connectivity index (χ4n) is 1.57. The summed E-state index contributed by atoms with van der Waals surface area (Å²) in [6.07, 6.45) is 8.68. The number of imidazole rings is 1. The van der Waals surface area contributed by atoms with E-state index in [1.165, 1.54) is 37.2 Å². The number of hydrogen-bond acceptors (Lipinski definition) is 5. The van der Waals surface area contributed by atoms with Crippen LogP contribution < -0.4 is 10.4 Å². The van der Waals surface area contributed by atoms with Crippen molar-refractivity contribution in [1.29, 1.82) is 0 Å². The minimum Gasteiger partial charge on any atom is -0.548 e. The highest BCUT2D eigenvalue weighted by Gasteiger charge is 2.13. The highest BCUT2D eigenvalue weighted by atomic mass is 16.4. The SMILES string of the molecule is O=C(/C=C/c1ccoc1)N[C@@H](Cc1cnc[nH]1)C(=O)[O-]. The molecule has 20 heavy (non-hydrogen) atoms. The molecular formula is C13H12N3O4-. The molecule has 0 saturated heterocycles. The van der Waals surface area contributed by atoms with Crippen molar-refractivity contribution in [3.63, 3.8) is 0 Å². The lowest BCUT2D eigenvalue weighted by Gasteiger charge is -2.17. The summed E-state index contributed by atoms with van der Waals surface area (Å²) >= 11 is 0. The van der Waals surface area contributed by atoms with Crippen LogP contribution >= 0.6 is 0 Å². The monoisotopic (exact) mass is 274 g/mol. The lowest BCUT2D eigenvalue weighted by molar-refractivity contribution is -0.308. The molecule has 0 radical (unpaired) electrons. The van der Waals surface area contributed by atoms with E-state index in [0.717, 1.165) is 0 Å². The number of carbonyl (C=O) groups excluding carboxylic acids is 2. The van der Waals surface area contributed by atoms with Crippen LogP contribution in [0.1, 0.15) is 11.3 Å². The number of hydrogen-bond donors (Lipinski definition) is 2.